The number of carbonyl (C=O) groups is 1. The summed E-state index contributed by atoms with van der Waals surface area (Å²) >= 11 is 1.42. The van der Waals surface area contributed by atoms with E-state index in [1.165, 1.54) is 30.6 Å². The van der Waals surface area contributed by atoms with Crippen LogP contribution in [-0.4, -0.2) is 76.7 Å². The summed E-state index contributed by atoms with van der Waals surface area (Å²) in [5, 5.41) is 0.972. The van der Waals surface area contributed by atoms with E-state index in [9.17, 15) is 4.79 Å². The number of hydrogen-bond acceptors (Lipinski definition) is 10. The number of esters is 1. The Kier molecular flexibility index (Phi) is 6.87. The predicted octanol–water partition coefficient (Wildman–Crippen LogP) is 3.28. The molecule has 0 amide bonds. The number of ether oxygens (including phenoxy) is 1. The van der Waals surface area contributed by atoms with Gasteiger partial charge in [-0.25, -0.2) is 24.7 Å². The van der Waals surface area contributed by atoms with Crippen LogP contribution in [0.2, 0.25) is 0 Å². The SMILES string of the molecule is CCOC(=O)c1sc2nc(CN3CCCCC3)nc(N3CCN(c4ncccn4)CC3)c2c1C. The molecule has 0 unspecified atom stereocenters. The van der Waals surface area contributed by atoms with E-state index in [1.54, 1.807) is 12.4 Å². The van der Waals surface area contributed by atoms with Crippen molar-refractivity contribution >= 4 is 39.3 Å². The van der Waals surface area contributed by atoms with Crippen molar-refractivity contribution < 1.29 is 9.53 Å². The molecule has 3 aromatic heterocycles. The molecule has 34 heavy (non-hydrogen) atoms. The van der Waals surface area contributed by atoms with E-state index in [4.69, 9.17) is 14.7 Å². The maximum atomic E-state index is 12.6. The molecule has 3 aromatic rings. The minimum Gasteiger partial charge on any atom is -0.462 e. The summed E-state index contributed by atoms with van der Waals surface area (Å²) in [6, 6.07) is 1.84. The number of piperazine rings is 1. The van der Waals surface area contributed by atoms with E-state index < -0.39 is 0 Å². The molecule has 5 heterocycles. The molecule has 2 fully saturated rings. The third kappa shape index (κ3) is 4.69. The third-order valence-corrected chi connectivity index (χ3v) is 7.67. The Morgan fingerprint density at radius 3 is 2.41 bits per heavy atom. The van der Waals surface area contributed by atoms with Crippen molar-refractivity contribution in [2.45, 2.75) is 39.7 Å². The fourth-order valence-electron chi connectivity index (χ4n) is 4.74. The fourth-order valence-corrected chi connectivity index (χ4v) is 5.83. The molecule has 5 rings (SSSR count). The third-order valence-electron chi connectivity index (χ3n) is 6.51. The summed E-state index contributed by atoms with van der Waals surface area (Å²) in [6.45, 7) is 10.3. The van der Waals surface area contributed by atoms with Gasteiger partial charge in [0.05, 0.1) is 18.5 Å². The Morgan fingerprint density at radius 2 is 1.71 bits per heavy atom. The first-order chi connectivity index (χ1) is 16.6. The van der Waals surface area contributed by atoms with Crippen molar-refractivity contribution in [2.24, 2.45) is 0 Å². The number of fused-ring (bicyclic) bond motifs is 1. The van der Waals surface area contributed by atoms with Crippen LogP contribution in [0.25, 0.3) is 10.2 Å². The molecule has 0 aromatic carbocycles. The first-order valence-corrected chi connectivity index (χ1v) is 12.9. The second kappa shape index (κ2) is 10.2. The number of anilines is 2. The summed E-state index contributed by atoms with van der Waals surface area (Å²) < 4.78 is 5.32. The van der Waals surface area contributed by atoms with Crippen LogP contribution in [0, 0.1) is 6.92 Å². The minimum atomic E-state index is -0.280. The van der Waals surface area contributed by atoms with E-state index in [0.29, 0.717) is 11.5 Å². The van der Waals surface area contributed by atoms with Crippen molar-refractivity contribution in [3.05, 3.63) is 34.7 Å². The number of likely N-dealkylation sites (tertiary alicyclic amines) is 1. The molecule has 0 bridgehead atoms. The Bertz CT molecular complexity index is 1140. The average molecular weight is 482 g/mol. The van der Waals surface area contributed by atoms with Crippen molar-refractivity contribution in [1.82, 2.24) is 24.8 Å². The Morgan fingerprint density at radius 1 is 1.00 bits per heavy atom. The van der Waals surface area contributed by atoms with Gasteiger partial charge in [-0.3, -0.25) is 4.90 Å². The molecular formula is C24H31N7O2S. The van der Waals surface area contributed by atoms with Gasteiger partial charge in [-0.05, 0) is 51.4 Å². The molecule has 0 N–H and O–H groups in total. The second-order valence-corrected chi connectivity index (χ2v) is 9.78. The molecule has 9 nitrogen and oxygen atoms in total. The van der Waals surface area contributed by atoms with E-state index in [-0.39, 0.29) is 5.97 Å². The van der Waals surface area contributed by atoms with E-state index in [2.05, 4.69) is 24.7 Å². The van der Waals surface area contributed by atoms with Gasteiger partial charge in [0.2, 0.25) is 5.95 Å². The van der Waals surface area contributed by atoms with Crippen molar-refractivity contribution in [3.8, 4) is 0 Å². The highest BCUT2D eigenvalue weighted by Gasteiger charge is 2.27. The van der Waals surface area contributed by atoms with E-state index in [1.807, 2.05) is 19.9 Å². The zero-order valence-corrected chi connectivity index (χ0v) is 20.7. The number of hydrogen-bond donors (Lipinski definition) is 0. The van der Waals surface area contributed by atoms with Gasteiger partial charge in [0.25, 0.3) is 0 Å². The highest BCUT2D eigenvalue weighted by molar-refractivity contribution is 7.20. The number of thiophene rings is 1. The molecule has 10 heteroatoms. The topological polar surface area (TPSA) is 87.6 Å². The zero-order valence-electron chi connectivity index (χ0n) is 19.9. The fraction of sp³-hybridized carbons (Fsp3) is 0.542. The van der Waals surface area contributed by atoms with Crippen LogP contribution in [-0.2, 0) is 11.3 Å². The summed E-state index contributed by atoms with van der Waals surface area (Å²) in [4.78, 5) is 39.9. The molecule has 180 valence electrons. The van der Waals surface area contributed by atoms with Crippen LogP contribution in [0.3, 0.4) is 0 Å². The van der Waals surface area contributed by atoms with Gasteiger partial charge in [0.1, 0.15) is 21.3 Å². The van der Waals surface area contributed by atoms with Gasteiger partial charge in [0, 0.05) is 38.6 Å². The van der Waals surface area contributed by atoms with Crippen molar-refractivity contribution in [1.29, 1.82) is 0 Å². The lowest BCUT2D eigenvalue weighted by molar-refractivity contribution is 0.0531. The number of carbonyl (C=O) groups excluding carboxylic acids is 1. The number of aromatic nitrogens is 4. The Balaban J connectivity index is 1.47. The maximum Gasteiger partial charge on any atom is 0.348 e. The van der Waals surface area contributed by atoms with E-state index in [0.717, 1.165) is 79.2 Å². The number of piperidine rings is 1. The van der Waals surface area contributed by atoms with Gasteiger partial charge in [-0.2, -0.15) is 0 Å². The summed E-state index contributed by atoms with van der Waals surface area (Å²) in [7, 11) is 0. The molecule has 0 aliphatic carbocycles. The summed E-state index contributed by atoms with van der Waals surface area (Å²) in [6.07, 6.45) is 7.31. The van der Waals surface area contributed by atoms with Crippen LogP contribution < -0.4 is 9.80 Å². The largest absolute Gasteiger partial charge is 0.462 e. The first-order valence-electron chi connectivity index (χ1n) is 12.1. The lowest BCUT2D eigenvalue weighted by atomic mass is 10.1. The number of rotatable bonds is 6. The normalized spacial score (nSPS) is 17.4. The average Bonchev–Trinajstić information content (AvgIpc) is 3.21. The van der Waals surface area contributed by atoms with Crippen molar-refractivity contribution in [3.63, 3.8) is 0 Å². The highest BCUT2D eigenvalue weighted by Crippen LogP contribution is 2.36. The molecule has 0 saturated carbocycles. The van der Waals surface area contributed by atoms with Crippen LogP contribution in [0.4, 0.5) is 11.8 Å². The minimum absolute atomic E-state index is 0.280. The van der Waals surface area contributed by atoms with Gasteiger partial charge in [0.15, 0.2) is 0 Å². The van der Waals surface area contributed by atoms with Crippen LogP contribution >= 0.6 is 11.3 Å². The summed E-state index contributed by atoms with van der Waals surface area (Å²) in [5.74, 6) is 2.24. The number of aryl methyl sites for hydroxylation is 1. The lowest BCUT2D eigenvalue weighted by Crippen LogP contribution is -2.47. The van der Waals surface area contributed by atoms with Gasteiger partial charge < -0.3 is 14.5 Å². The highest BCUT2D eigenvalue weighted by atomic mass is 32.1. The Hall–Kier alpha value is -2.85. The van der Waals surface area contributed by atoms with Gasteiger partial charge in [-0.15, -0.1) is 11.3 Å². The molecule has 0 radical (unpaired) electrons. The van der Waals surface area contributed by atoms with Crippen LogP contribution in [0.5, 0.6) is 0 Å². The molecular weight excluding hydrogens is 450 g/mol. The molecule has 2 aliphatic rings. The first kappa shape index (κ1) is 22.9. The Labute approximate surface area is 203 Å². The standard InChI is InChI=1S/C24H31N7O2S/c1-3-33-23(32)20-17(2)19-21(30-12-14-31(15-13-30)24-25-8-7-9-26-24)27-18(28-22(19)34-20)16-29-10-5-4-6-11-29/h7-9H,3-6,10-16H2,1-2H3. The monoisotopic (exact) mass is 481 g/mol. The van der Waals surface area contributed by atoms with Gasteiger partial charge in [-0.1, -0.05) is 6.42 Å². The molecule has 0 spiro atoms. The lowest BCUT2D eigenvalue weighted by Gasteiger charge is -2.36. The maximum absolute atomic E-state index is 12.6. The van der Waals surface area contributed by atoms with Gasteiger partial charge >= 0.3 is 5.97 Å². The molecule has 2 aliphatic heterocycles. The summed E-state index contributed by atoms with van der Waals surface area (Å²) in [5.41, 5.74) is 0.909. The molecule has 2 saturated heterocycles. The number of nitrogens with zero attached hydrogens (tertiary/aromatic N) is 7. The molecule has 0 atom stereocenters. The zero-order chi connectivity index (χ0) is 23.5. The smallest absolute Gasteiger partial charge is 0.348 e. The van der Waals surface area contributed by atoms with Crippen LogP contribution in [0.15, 0.2) is 18.5 Å². The van der Waals surface area contributed by atoms with Crippen LogP contribution in [0.1, 0.15) is 47.2 Å². The van der Waals surface area contributed by atoms with E-state index >= 15 is 0 Å². The van der Waals surface area contributed by atoms with Crippen molar-refractivity contribution in [2.75, 3.05) is 55.7 Å². The second-order valence-electron chi connectivity index (χ2n) is 8.78. The predicted molar refractivity (Wildman–Crippen MR) is 134 cm³/mol. The quantitative estimate of drug-likeness (QED) is 0.492.